The molecule has 1 aliphatic heterocycles. The summed E-state index contributed by atoms with van der Waals surface area (Å²) in [7, 11) is 0. The summed E-state index contributed by atoms with van der Waals surface area (Å²) in [6.45, 7) is 2.50. The van der Waals surface area contributed by atoms with Crippen LogP contribution < -0.4 is 11.1 Å². The standard InChI is InChI=1S/C4H9N.CH3NO2/c1-2-4-5-3-1;2-1(3)4/h5H,1-4H2;2H2,(H,3,4). The summed E-state index contributed by atoms with van der Waals surface area (Å²) in [6.07, 6.45) is 1.44. The molecule has 0 aromatic rings. The van der Waals surface area contributed by atoms with Crippen molar-refractivity contribution in [2.75, 3.05) is 13.1 Å². The zero-order valence-corrected chi connectivity index (χ0v) is 5.26. The maximum absolute atomic E-state index is 8.78. The predicted octanol–water partition coefficient (Wildman–Crippen LogP) is -0.00710. The first kappa shape index (κ1) is 8.23. The van der Waals surface area contributed by atoms with Gasteiger partial charge in [-0.15, -0.1) is 0 Å². The lowest BCUT2D eigenvalue weighted by atomic mass is 10.4. The Balaban J connectivity index is 0.000000148. The van der Waals surface area contributed by atoms with Crippen molar-refractivity contribution in [3.05, 3.63) is 0 Å². The van der Waals surface area contributed by atoms with Crippen molar-refractivity contribution in [2.45, 2.75) is 12.8 Å². The highest BCUT2D eigenvalue weighted by molar-refractivity contribution is 5.61. The molecule has 0 aromatic heterocycles. The lowest BCUT2D eigenvalue weighted by molar-refractivity contribution is 0.205. The van der Waals surface area contributed by atoms with Gasteiger partial charge in [-0.2, -0.15) is 0 Å². The van der Waals surface area contributed by atoms with Crippen molar-refractivity contribution in [1.82, 2.24) is 5.32 Å². The molecule has 0 radical (unpaired) electrons. The van der Waals surface area contributed by atoms with Gasteiger partial charge in [-0.25, -0.2) is 4.79 Å². The van der Waals surface area contributed by atoms with Crippen LogP contribution in [0.2, 0.25) is 0 Å². The van der Waals surface area contributed by atoms with E-state index in [-0.39, 0.29) is 0 Å². The maximum Gasteiger partial charge on any atom is 0.402 e. The van der Waals surface area contributed by atoms with Gasteiger partial charge in [-0.1, -0.05) is 0 Å². The topological polar surface area (TPSA) is 75.3 Å². The van der Waals surface area contributed by atoms with Crippen LogP contribution in [-0.2, 0) is 0 Å². The van der Waals surface area contributed by atoms with Crippen LogP contribution >= 0.6 is 0 Å². The van der Waals surface area contributed by atoms with Crippen molar-refractivity contribution in [3.63, 3.8) is 0 Å². The molecule has 0 unspecified atom stereocenters. The molecule has 0 bridgehead atoms. The fraction of sp³-hybridized carbons (Fsp3) is 0.800. The van der Waals surface area contributed by atoms with Gasteiger partial charge in [-0.3, -0.25) is 0 Å². The monoisotopic (exact) mass is 132 g/mol. The first-order valence-corrected chi connectivity index (χ1v) is 2.92. The van der Waals surface area contributed by atoms with Crippen molar-refractivity contribution >= 4 is 6.09 Å². The fourth-order valence-electron chi connectivity index (χ4n) is 0.625. The van der Waals surface area contributed by atoms with Crippen LogP contribution in [0.15, 0.2) is 0 Å². The zero-order valence-electron chi connectivity index (χ0n) is 5.26. The van der Waals surface area contributed by atoms with Crippen molar-refractivity contribution in [2.24, 2.45) is 5.73 Å². The van der Waals surface area contributed by atoms with Gasteiger partial charge in [0.05, 0.1) is 0 Å². The van der Waals surface area contributed by atoms with Gasteiger partial charge in [0.2, 0.25) is 0 Å². The van der Waals surface area contributed by atoms with Crippen LogP contribution in [0, 0.1) is 0 Å². The summed E-state index contributed by atoms with van der Waals surface area (Å²) >= 11 is 0. The van der Waals surface area contributed by atoms with E-state index in [1.165, 1.54) is 25.9 Å². The van der Waals surface area contributed by atoms with Gasteiger partial charge < -0.3 is 16.2 Å². The number of nitrogens with two attached hydrogens (primary N) is 1. The van der Waals surface area contributed by atoms with Gasteiger partial charge in [0.25, 0.3) is 0 Å². The molecule has 4 heteroatoms. The molecule has 54 valence electrons. The first-order chi connectivity index (χ1) is 4.23. The molecule has 0 spiro atoms. The van der Waals surface area contributed by atoms with Crippen LogP contribution in [0.4, 0.5) is 4.79 Å². The van der Waals surface area contributed by atoms with Gasteiger partial charge in [0, 0.05) is 0 Å². The predicted molar refractivity (Wildman–Crippen MR) is 34.3 cm³/mol. The summed E-state index contributed by atoms with van der Waals surface area (Å²) in [5, 5.41) is 10.4. The number of nitrogens with one attached hydrogen (secondary N) is 1. The zero-order chi connectivity index (χ0) is 7.11. The molecule has 1 rings (SSSR count). The van der Waals surface area contributed by atoms with E-state index in [9.17, 15) is 0 Å². The molecule has 1 heterocycles. The van der Waals surface area contributed by atoms with E-state index in [4.69, 9.17) is 9.90 Å². The third kappa shape index (κ3) is 11.1. The molecule has 1 fully saturated rings. The molecular weight excluding hydrogens is 120 g/mol. The number of hydrogen-bond acceptors (Lipinski definition) is 2. The Hall–Kier alpha value is -0.770. The Morgan fingerprint density at radius 3 is 1.89 bits per heavy atom. The summed E-state index contributed by atoms with van der Waals surface area (Å²) < 4.78 is 0. The third-order valence-electron chi connectivity index (χ3n) is 0.957. The second-order valence-electron chi connectivity index (χ2n) is 1.80. The SMILES string of the molecule is C1CCNC1.NC(=O)O. The molecule has 1 aliphatic rings. The second kappa shape index (κ2) is 5.37. The molecular formula is C5H12N2O2. The molecule has 0 aliphatic carbocycles. The highest BCUT2D eigenvalue weighted by Gasteiger charge is 1.93. The van der Waals surface area contributed by atoms with Crippen LogP contribution in [-0.4, -0.2) is 24.3 Å². The molecule has 4 nitrogen and oxygen atoms in total. The van der Waals surface area contributed by atoms with E-state index >= 15 is 0 Å². The Bertz CT molecular complexity index is 69.4. The summed E-state index contributed by atoms with van der Waals surface area (Å²) in [5.41, 5.74) is 4.03. The maximum atomic E-state index is 8.78. The molecule has 0 saturated carbocycles. The summed E-state index contributed by atoms with van der Waals surface area (Å²) in [4.78, 5) is 8.78. The minimum absolute atomic E-state index is 1.25. The van der Waals surface area contributed by atoms with Crippen LogP contribution in [0.25, 0.3) is 0 Å². The van der Waals surface area contributed by atoms with E-state index in [0.29, 0.717) is 0 Å². The minimum atomic E-state index is -1.33. The average Bonchev–Trinajstić information content (AvgIpc) is 2.11. The summed E-state index contributed by atoms with van der Waals surface area (Å²) in [6, 6.07) is 0. The first-order valence-electron chi connectivity index (χ1n) is 2.92. The highest BCUT2D eigenvalue weighted by atomic mass is 16.4. The van der Waals surface area contributed by atoms with Crippen LogP contribution in [0.1, 0.15) is 12.8 Å². The molecule has 1 saturated heterocycles. The lowest BCUT2D eigenvalue weighted by Crippen LogP contribution is -2.03. The molecule has 4 N–H and O–H groups in total. The smallest absolute Gasteiger partial charge is 0.402 e. The number of carbonyl (C=O) groups is 1. The Labute approximate surface area is 54.0 Å². The van der Waals surface area contributed by atoms with Crippen molar-refractivity contribution in [1.29, 1.82) is 0 Å². The Morgan fingerprint density at radius 1 is 1.44 bits per heavy atom. The summed E-state index contributed by atoms with van der Waals surface area (Å²) in [5.74, 6) is 0. The van der Waals surface area contributed by atoms with E-state index in [1.54, 1.807) is 0 Å². The van der Waals surface area contributed by atoms with Crippen molar-refractivity contribution < 1.29 is 9.90 Å². The largest absolute Gasteiger partial charge is 0.465 e. The van der Waals surface area contributed by atoms with Crippen molar-refractivity contribution in [3.8, 4) is 0 Å². The minimum Gasteiger partial charge on any atom is -0.465 e. The second-order valence-corrected chi connectivity index (χ2v) is 1.80. The molecule has 0 atom stereocenters. The van der Waals surface area contributed by atoms with E-state index in [1.807, 2.05) is 0 Å². The van der Waals surface area contributed by atoms with Crippen LogP contribution in [0.5, 0.6) is 0 Å². The number of rotatable bonds is 0. The molecule has 0 aromatic carbocycles. The number of hydrogen-bond donors (Lipinski definition) is 3. The average molecular weight is 132 g/mol. The number of amides is 1. The third-order valence-corrected chi connectivity index (χ3v) is 0.957. The van der Waals surface area contributed by atoms with E-state index in [0.717, 1.165) is 0 Å². The number of carboxylic acid groups (broad SMARTS) is 1. The Kier molecular flexibility index (Phi) is 4.91. The normalized spacial score (nSPS) is 16.0. The fourth-order valence-corrected chi connectivity index (χ4v) is 0.625. The quantitative estimate of drug-likeness (QED) is 0.434. The lowest BCUT2D eigenvalue weighted by Gasteiger charge is -1.76. The van der Waals surface area contributed by atoms with Gasteiger partial charge in [0.1, 0.15) is 0 Å². The molecule has 9 heavy (non-hydrogen) atoms. The Morgan fingerprint density at radius 2 is 1.78 bits per heavy atom. The van der Waals surface area contributed by atoms with Gasteiger partial charge >= 0.3 is 6.09 Å². The highest BCUT2D eigenvalue weighted by Crippen LogP contribution is 1.90. The van der Waals surface area contributed by atoms with Crippen LogP contribution in [0.3, 0.4) is 0 Å². The van der Waals surface area contributed by atoms with Gasteiger partial charge in [0.15, 0.2) is 0 Å². The van der Waals surface area contributed by atoms with Gasteiger partial charge in [-0.05, 0) is 25.9 Å². The van der Waals surface area contributed by atoms with E-state index in [2.05, 4.69) is 11.1 Å². The molecule has 1 amide bonds. The number of primary amides is 1. The van der Waals surface area contributed by atoms with E-state index < -0.39 is 6.09 Å².